The molecule has 0 N–H and O–H groups in total. The van der Waals surface area contributed by atoms with Crippen molar-refractivity contribution in [3.8, 4) is 5.75 Å². The number of rotatable bonds is 3. The van der Waals surface area contributed by atoms with Gasteiger partial charge in [-0.3, -0.25) is 0 Å². The standard InChI is InChI=1S/C14H18BrClO/c15-14-8-7-13(9-11(14)10-16)17-12-5-3-1-2-4-6-12/h7-9,12H,1-6,10H2. The third kappa shape index (κ3) is 3.89. The Bertz CT molecular complexity index is 359. The largest absolute Gasteiger partial charge is 0.490 e. The highest BCUT2D eigenvalue weighted by atomic mass is 79.9. The van der Waals surface area contributed by atoms with Crippen molar-refractivity contribution in [1.82, 2.24) is 0 Å². The first kappa shape index (κ1) is 13.2. The third-order valence-corrected chi connectivity index (χ3v) is 4.33. The van der Waals surface area contributed by atoms with E-state index in [2.05, 4.69) is 15.9 Å². The van der Waals surface area contributed by atoms with Gasteiger partial charge in [0.15, 0.2) is 0 Å². The van der Waals surface area contributed by atoms with Crippen LogP contribution in [0.5, 0.6) is 5.75 Å². The van der Waals surface area contributed by atoms with Crippen LogP contribution in [-0.4, -0.2) is 6.10 Å². The highest BCUT2D eigenvalue weighted by Gasteiger charge is 2.14. The van der Waals surface area contributed by atoms with E-state index in [4.69, 9.17) is 16.3 Å². The van der Waals surface area contributed by atoms with Gasteiger partial charge in [0.2, 0.25) is 0 Å². The highest BCUT2D eigenvalue weighted by Crippen LogP contribution is 2.27. The van der Waals surface area contributed by atoms with E-state index in [1.807, 2.05) is 18.2 Å². The maximum absolute atomic E-state index is 6.05. The minimum absolute atomic E-state index is 0.391. The molecule has 0 spiro atoms. The van der Waals surface area contributed by atoms with E-state index in [9.17, 15) is 0 Å². The number of alkyl halides is 1. The van der Waals surface area contributed by atoms with E-state index >= 15 is 0 Å². The molecule has 1 saturated carbocycles. The molecule has 1 fully saturated rings. The monoisotopic (exact) mass is 316 g/mol. The van der Waals surface area contributed by atoms with Gasteiger partial charge in [0, 0.05) is 10.4 Å². The normalized spacial score (nSPS) is 17.8. The molecule has 0 aliphatic heterocycles. The van der Waals surface area contributed by atoms with E-state index in [-0.39, 0.29) is 0 Å². The molecule has 1 nitrogen and oxygen atoms in total. The quantitative estimate of drug-likeness (QED) is 0.543. The summed E-state index contributed by atoms with van der Waals surface area (Å²) in [6.45, 7) is 0. The second-order valence-electron chi connectivity index (χ2n) is 4.62. The van der Waals surface area contributed by atoms with Crippen LogP contribution in [0.1, 0.15) is 44.1 Å². The van der Waals surface area contributed by atoms with Gasteiger partial charge in [-0.2, -0.15) is 0 Å². The Labute approximate surface area is 117 Å². The Hall–Kier alpha value is -0.210. The van der Waals surface area contributed by atoms with Crippen molar-refractivity contribution < 1.29 is 4.74 Å². The summed E-state index contributed by atoms with van der Waals surface area (Å²) in [6.07, 6.45) is 8.06. The highest BCUT2D eigenvalue weighted by molar-refractivity contribution is 9.10. The maximum Gasteiger partial charge on any atom is 0.120 e. The second kappa shape index (κ2) is 6.65. The number of hydrogen-bond acceptors (Lipinski definition) is 1. The molecule has 1 aromatic rings. The van der Waals surface area contributed by atoms with E-state index in [1.54, 1.807) is 0 Å². The Balaban J connectivity index is 2.01. The SMILES string of the molecule is ClCc1cc(OC2CCCCCC2)ccc1Br. The van der Waals surface area contributed by atoms with Gasteiger partial charge in [0.1, 0.15) is 5.75 Å². The van der Waals surface area contributed by atoms with Crippen molar-refractivity contribution >= 4 is 27.5 Å². The van der Waals surface area contributed by atoms with Crippen LogP contribution >= 0.6 is 27.5 Å². The van der Waals surface area contributed by atoms with Gasteiger partial charge in [0.25, 0.3) is 0 Å². The molecule has 3 heteroatoms. The second-order valence-corrected chi connectivity index (χ2v) is 5.74. The lowest BCUT2D eigenvalue weighted by Gasteiger charge is -2.17. The van der Waals surface area contributed by atoms with Gasteiger partial charge in [-0.25, -0.2) is 0 Å². The van der Waals surface area contributed by atoms with Crippen LogP contribution in [0.3, 0.4) is 0 Å². The van der Waals surface area contributed by atoms with Crippen molar-refractivity contribution in [3.05, 3.63) is 28.2 Å². The van der Waals surface area contributed by atoms with Crippen LogP contribution in [0.15, 0.2) is 22.7 Å². The van der Waals surface area contributed by atoms with E-state index in [0.717, 1.165) is 15.8 Å². The average Bonchev–Trinajstić information content (AvgIpc) is 2.60. The minimum atomic E-state index is 0.391. The summed E-state index contributed by atoms with van der Waals surface area (Å²) in [5.41, 5.74) is 1.10. The molecule has 0 atom stereocenters. The molecule has 17 heavy (non-hydrogen) atoms. The predicted molar refractivity (Wildman–Crippen MR) is 75.8 cm³/mol. The van der Waals surface area contributed by atoms with Crippen molar-refractivity contribution in [3.63, 3.8) is 0 Å². The number of halogens is 2. The number of ether oxygens (including phenoxy) is 1. The van der Waals surface area contributed by atoms with Crippen LogP contribution in [0.2, 0.25) is 0 Å². The van der Waals surface area contributed by atoms with Gasteiger partial charge in [0.05, 0.1) is 6.10 Å². The Morgan fingerprint density at radius 2 is 1.88 bits per heavy atom. The summed E-state index contributed by atoms with van der Waals surface area (Å²) in [5.74, 6) is 1.47. The van der Waals surface area contributed by atoms with Gasteiger partial charge in [-0.15, -0.1) is 11.6 Å². The van der Waals surface area contributed by atoms with E-state index < -0.39 is 0 Å². The van der Waals surface area contributed by atoms with Crippen molar-refractivity contribution in [2.75, 3.05) is 0 Å². The molecule has 0 heterocycles. The summed E-state index contributed by atoms with van der Waals surface area (Å²) in [6, 6.07) is 6.08. The van der Waals surface area contributed by atoms with Gasteiger partial charge in [-0.1, -0.05) is 28.8 Å². The number of hydrogen-bond donors (Lipinski definition) is 0. The molecule has 0 unspecified atom stereocenters. The molecule has 0 saturated heterocycles. The molecule has 1 aliphatic rings. The first-order valence-corrected chi connectivity index (χ1v) is 7.63. The lowest BCUT2D eigenvalue weighted by molar-refractivity contribution is 0.183. The zero-order valence-corrected chi connectivity index (χ0v) is 12.3. The summed E-state index contributed by atoms with van der Waals surface area (Å²) in [4.78, 5) is 0. The molecule has 0 bridgehead atoms. The zero-order chi connectivity index (χ0) is 12.1. The lowest BCUT2D eigenvalue weighted by atomic mass is 10.1. The van der Waals surface area contributed by atoms with Crippen LogP contribution < -0.4 is 4.74 Å². The van der Waals surface area contributed by atoms with E-state index in [1.165, 1.54) is 38.5 Å². The van der Waals surface area contributed by atoms with E-state index in [0.29, 0.717) is 12.0 Å². The van der Waals surface area contributed by atoms with Crippen molar-refractivity contribution in [2.45, 2.75) is 50.5 Å². The van der Waals surface area contributed by atoms with Gasteiger partial charge >= 0.3 is 0 Å². The summed E-state index contributed by atoms with van der Waals surface area (Å²) in [5, 5.41) is 0. The first-order valence-electron chi connectivity index (χ1n) is 6.30. The molecule has 0 amide bonds. The predicted octanol–water partition coefficient (Wildman–Crippen LogP) is 5.29. The van der Waals surface area contributed by atoms with Crippen molar-refractivity contribution in [2.24, 2.45) is 0 Å². The van der Waals surface area contributed by atoms with Gasteiger partial charge < -0.3 is 4.74 Å². The molecule has 2 rings (SSSR count). The zero-order valence-electron chi connectivity index (χ0n) is 9.92. The van der Waals surface area contributed by atoms with Crippen LogP contribution in [0.25, 0.3) is 0 Å². The Kier molecular flexibility index (Phi) is 5.17. The molecule has 0 radical (unpaired) electrons. The lowest BCUT2D eigenvalue weighted by Crippen LogP contribution is -2.15. The summed E-state index contributed by atoms with van der Waals surface area (Å²) < 4.78 is 7.11. The van der Waals surface area contributed by atoms with Crippen molar-refractivity contribution in [1.29, 1.82) is 0 Å². The van der Waals surface area contributed by atoms with Crippen LogP contribution in [0.4, 0.5) is 0 Å². The molecule has 1 aliphatic carbocycles. The fraction of sp³-hybridized carbons (Fsp3) is 0.571. The minimum Gasteiger partial charge on any atom is -0.490 e. The number of benzene rings is 1. The van der Waals surface area contributed by atoms with Crippen LogP contribution in [-0.2, 0) is 5.88 Å². The molecule has 0 aromatic heterocycles. The Morgan fingerprint density at radius 3 is 2.53 bits per heavy atom. The topological polar surface area (TPSA) is 9.23 Å². The smallest absolute Gasteiger partial charge is 0.120 e. The Morgan fingerprint density at radius 1 is 1.18 bits per heavy atom. The average molecular weight is 318 g/mol. The van der Waals surface area contributed by atoms with Gasteiger partial charge in [-0.05, 0) is 49.4 Å². The summed E-state index contributed by atoms with van der Waals surface area (Å²) in [7, 11) is 0. The molecular formula is C14H18BrClO. The third-order valence-electron chi connectivity index (χ3n) is 3.27. The maximum atomic E-state index is 6.05. The fourth-order valence-corrected chi connectivity index (χ4v) is 3.05. The molecular weight excluding hydrogens is 300 g/mol. The first-order chi connectivity index (χ1) is 8.29. The molecule has 94 valence electrons. The fourth-order valence-electron chi connectivity index (χ4n) is 2.28. The summed E-state index contributed by atoms with van der Waals surface area (Å²) >= 11 is 9.38. The molecule has 1 aromatic carbocycles. The van der Waals surface area contributed by atoms with Crippen LogP contribution in [0, 0.1) is 0 Å².